The van der Waals surface area contributed by atoms with Gasteiger partial charge in [0.2, 0.25) is 0 Å². The fourth-order valence-electron chi connectivity index (χ4n) is 1.14. The van der Waals surface area contributed by atoms with Crippen LogP contribution in [0.2, 0.25) is 0 Å². The van der Waals surface area contributed by atoms with Crippen molar-refractivity contribution in [1.29, 1.82) is 0 Å². The number of hydrogen-bond donors (Lipinski definition) is 0. The highest BCUT2D eigenvalue weighted by atomic mass is 16.6. The van der Waals surface area contributed by atoms with Gasteiger partial charge in [-0.1, -0.05) is 12.7 Å². The minimum atomic E-state index is -0.399. The molecule has 0 unspecified atom stereocenters. The van der Waals surface area contributed by atoms with Gasteiger partial charge in [-0.25, -0.2) is 4.79 Å². The molecule has 6 nitrogen and oxygen atoms in total. The quantitative estimate of drug-likeness (QED) is 0.197. The van der Waals surface area contributed by atoms with Gasteiger partial charge in [-0.15, -0.1) is 6.58 Å². The Morgan fingerprint density at radius 1 is 0.857 bits per heavy atom. The smallest absolute Gasteiger partial charge is 0.333 e. The van der Waals surface area contributed by atoms with Gasteiger partial charge in [-0.05, 0) is 6.92 Å². The lowest BCUT2D eigenvalue weighted by atomic mass is 10.4. The summed E-state index contributed by atoms with van der Waals surface area (Å²) in [6.07, 6.45) is 1.70. The first kappa shape index (κ1) is 19.8. The third kappa shape index (κ3) is 15.0. The summed E-state index contributed by atoms with van der Waals surface area (Å²) in [4.78, 5) is 11.0. The van der Waals surface area contributed by atoms with Gasteiger partial charge in [-0.3, -0.25) is 0 Å². The largest absolute Gasteiger partial charge is 0.460 e. The summed E-state index contributed by atoms with van der Waals surface area (Å²) >= 11 is 0. The van der Waals surface area contributed by atoms with E-state index in [2.05, 4.69) is 13.2 Å². The molecular formula is C15H26O6. The molecule has 0 aliphatic carbocycles. The van der Waals surface area contributed by atoms with Gasteiger partial charge in [0.25, 0.3) is 0 Å². The molecule has 0 bridgehead atoms. The van der Waals surface area contributed by atoms with Crippen LogP contribution in [0.5, 0.6) is 0 Å². The number of carbonyl (C=O) groups is 1. The minimum absolute atomic E-state index is 0.222. The van der Waals surface area contributed by atoms with E-state index in [0.29, 0.717) is 58.4 Å². The van der Waals surface area contributed by atoms with Crippen molar-refractivity contribution in [3.63, 3.8) is 0 Å². The molecule has 0 saturated carbocycles. The number of rotatable bonds is 15. The summed E-state index contributed by atoms with van der Waals surface area (Å²) in [5.41, 5.74) is 0.383. The Morgan fingerprint density at radius 2 is 1.29 bits per heavy atom. The standard InChI is InChI=1S/C15H26O6/c1-4-5-17-6-7-18-8-9-19-10-11-20-12-13-21-15(16)14(2)3/h4H,1-2,5-13H2,3H3. The highest BCUT2D eigenvalue weighted by Crippen LogP contribution is 1.91. The van der Waals surface area contributed by atoms with E-state index in [0.717, 1.165) is 0 Å². The van der Waals surface area contributed by atoms with Crippen molar-refractivity contribution >= 4 is 5.97 Å². The van der Waals surface area contributed by atoms with Gasteiger partial charge in [0.1, 0.15) is 6.61 Å². The Morgan fingerprint density at radius 3 is 1.71 bits per heavy atom. The second-order valence-corrected chi connectivity index (χ2v) is 4.12. The second kappa shape index (κ2) is 15.2. The molecule has 0 N–H and O–H groups in total. The molecule has 0 amide bonds. The van der Waals surface area contributed by atoms with Crippen LogP contribution in [0.1, 0.15) is 6.92 Å². The van der Waals surface area contributed by atoms with Crippen molar-refractivity contribution in [2.45, 2.75) is 6.92 Å². The molecule has 0 fully saturated rings. The molecule has 0 saturated heterocycles. The summed E-state index contributed by atoms with van der Waals surface area (Å²) < 4.78 is 25.8. The molecule has 0 aliphatic rings. The molecule has 21 heavy (non-hydrogen) atoms. The molecule has 0 aliphatic heterocycles. The van der Waals surface area contributed by atoms with Crippen LogP contribution < -0.4 is 0 Å². The zero-order valence-corrected chi connectivity index (χ0v) is 12.8. The number of carbonyl (C=O) groups excluding carboxylic acids is 1. The SMILES string of the molecule is C=CCOCCOCCOCCOCCOC(=O)C(=C)C. The van der Waals surface area contributed by atoms with Crippen LogP contribution in [0.4, 0.5) is 0 Å². The average Bonchev–Trinajstić information content (AvgIpc) is 2.47. The van der Waals surface area contributed by atoms with Gasteiger partial charge in [0.05, 0.1) is 52.9 Å². The number of ether oxygens (including phenoxy) is 5. The van der Waals surface area contributed by atoms with Crippen LogP contribution in [0.15, 0.2) is 24.8 Å². The molecule has 0 rings (SSSR count). The minimum Gasteiger partial charge on any atom is -0.460 e. The predicted octanol–water partition coefficient (Wildman–Crippen LogP) is 1.36. The van der Waals surface area contributed by atoms with E-state index in [9.17, 15) is 4.79 Å². The van der Waals surface area contributed by atoms with E-state index in [1.165, 1.54) is 0 Å². The van der Waals surface area contributed by atoms with Crippen LogP contribution >= 0.6 is 0 Å². The summed E-state index contributed by atoms with van der Waals surface area (Å²) in [7, 11) is 0. The molecule has 122 valence electrons. The monoisotopic (exact) mass is 302 g/mol. The van der Waals surface area contributed by atoms with Crippen molar-refractivity contribution in [2.24, 2.45) is 0 Å². The number of hydrogen-bond acceptors (Lipinski definition) is 6. The topological polar surface area (TPSA) is 63.2 Å². The van der Waals surface area contributed by atoms with Crippen molar-refractivity contribution in [1.82, 2.24) is 0 Å². The average molecular weight is 302 g/mol. The maximum absolute atomic E-state index is 11.0. The van der Waals surface area contributed by atoms with Gasteiger partial charge in [-0.2, -0.15) is 0 Å². The summed E-state index contributed by atoms with van der Waals surface area (Å²) in [5, 5.41) is 0. The first-order valence-corrected chi connectivity index (χ1v) is 6.93. The second-order valence-electron chi connectivity index (χ2n) is 4.12. The lowest BCUT2D eigenvalue weighted by Crippen LogP contribution is -2.14. The van der Waals surface area contributed by atoms with E-state index in [4.69, 9.17) is 23.7 Å². The van der Waals surface area contributed by atoms with E-state index in [1.807, 2.05) is 0 Å². The lowest BCUT2D eigenvalue weighted by molar-refractivity contribution is -0.140. The molecule has 0 heterocycles. The van der Waals surface area contributed by atoms with Crippen LogP contribution in [-0.4, -0.2) is 65.4 Å². The summed E-state index contributed by atoms with van der Waals surface area (Å²) in [6.45, 7) is 12.8. The zero-order chi connectivity index (χ0) is 15.8. The highest BCUT2D eigenvalue weighted by Gasteiger charge is 2.01. The number of esters is 1. The van der Waals surface area contributed by atoms with E-state index in [-0.39, 0.29) is 6.61 Å². The Bertz CT molecular complexity index is 290. The summed E-state index contributed by atoms with van der Waals surface area (Å²) in [6, 6.07) is 0. The maximum Gasteiger partial charge on any atom is 0.333 e. The Labute approximate surface area is 126 Å². The van der Waals surface area contributed by atoms with Crippen molar-refractivity contribution in [3.8, 4) is 0 Å². The molecule has 0 aromatic carbocycles. The highest BCUT2D eigenvalue weighted by molar-refractivity contribution is 5.86. The van der Waals surface area contributed by atoms with Crippen LogP contribution in [-0.2, 0) is 28.5 Å². The van der Waals surface area contributed by atoms with Gasteiger partial charge in [0, 0.05) is 5.57 Å². The van der Waals surface area contributed by atoms with Crippen LogP contribution in [0.25, 0.3) is 0 Å². The van der Waals surface area contributed by atoms with Crippen LogP contribution in [0.3, 0.4) is 0 Å². The lowest BCUT2D eigenvalue weighted by Gasteiger charge is -2.07. The Hall–Kier alpha value is -1.21. The Balaban J connectivity index is 3.07. The third-order valence-electron chi connectivity index (χ3n) is 2.16. The molecule has 6 heteroatoms. The van der Waals surface area contributed by atoms with Crippen molar-refractivity contribution in [3.05, 3.63) is 24.8 Å². The molecule has 0 radical (unpaired) electrons. The first-order chi connectivity index (χ1) is 10.2. The van der Waals surface area contributed by atoms with E-state index in [1.54, 1.807) is 13.0 Å². The fraction of sp³-hybridized carbons (Fsp3) is 0.667. The maximum atomic E-state index is 11.0. The van der Waals surface area contributed by atoms with E-state index >= 15 is 0 Å². The molecule has 0 atom stereocenters. The Kier molecular flexibility index (Phi) is 14.3. The molecular weight excluding hydrogens is 276 g/mol. The third-order valence-corrected chi connectivity index (χ3v) is 2.16. The normalized spacial score (nSPS) is 10.3. The molecule has 0 aromatic heterocycles. The predicted molar refractivity (Wildman–Crippen MR) is 79.2 cm³/mol. The molecule has 0 spiro atoms. The fourth-order valence-corrected chi connectivity index (χ4v) is 1.14. The van der Waals surface area contributed by atoms with Crippen LogP contribution in [0, 0.1) is 0 Å². The van der Waals surface area contributed by atoms with Crippen molar-refractivity contribution < 1.29 is 28.5 Å². The van der Waals surface area contributed by atoms with E-state index < -0.39 is 5.97 Å². The first-order valence-electron chi connectivity index (χ1n) is 6.93. The van der Waals surface area contributed by atoms with Gasteiger partial charge < -0.3 is 23.7 Å². The summed E-state index contributed by atoms with van der Waals surface area (Å²) in [5.74, 6) is -0.399. The zero-order valence-electron chi connectivity index (χ0n) is 12.8. The molecule has 0 aromatic rings. The van der Waals surface area contributed by atoms with Crippen molar-refractivity contribution in [2.75, 3.05) is 59.5 Å². The van der Waals surface area contributed by atoms with Gasteiger partial charge >= 0.3 is 5.97 Å². The van der Waals surface area contributed by atoms with Gasteiger partial charge in [0.15, 0.2) is 0 Å².